The number of rotatable bonds is 11. The normalized spacial score (nSPS) is 11.6. The number of carboxylic acids is 1. The molecule has 0 aromatic heterocycles. The van der Waals surface area contributed by atoms with Gasteiger partial charge < -0.3 is 21.1 Å². The smallest absolute Gasteiger partial charge is 0.335 e. The lowest BCUT2D eigenvalue weighted by molar-refractivity contribution is -0.385. The van der Waals surface area contributed by atoms with Crippen LogP contribution >= 0.6 is 23.4 Å². The minimum absolute atomic E-state index is 0.0210. The molecule has 0 aliphatic carbocycles. The average molecular weight is 645 g/mol. The molecular formula is C32H25ClN4O7S. The number of nitrogens with zero attached hydrogens (tertiary/aromatic N) is 1. The molecule has 1 atom stereocenters. The van der Waals surface area contributed by atoms with Crippen molar-refractivity contribution in [1.29, 1.82) is 0 Å². The first-order valence-corrected chi connectivity index (χ1v) is 14.5. The monoisotopic (exact) mass is 644 g/mol. The molecule has 3 amide bonds. The van der Waals surface area contributed by atoms with Crippen molar-refractivity contribution >= 4 is 70.2 Å². The number of carbonyl (C=O) groups is 4. The number of para-hydroxylation sites is 1. The minimum atomic E-state index is -1.15. The second kappa shape index (κ2) is 14.8. The molecular weight excluding hydrogens is 620 g/mol. The SMILES string of the molecule is CC(Sc1ccc(NC(=O)/C(=C/c2ccccc2[N+](=O)[O-])NC(=O)c2ccccc2)cc1)C(=O)Nc1cc(C(=O)O)ccc1Cl. The van der Waals surface area contributed by atoms with E-state index in [1.54, 1.807) is 67.6 Å². The number of benzene rings is 4. The Morgan fingerprint density at radius 1 is 0.889 bits per heavy atom. The summed E-state index contributed by atoms with van der Waals surface area (Å²) in [6, 6.07) is 24.6. The van der Waals surface area contributed by atoms with Gasteiger partial charge in [0.15, 0.2) is 0 Å². The molecule has 11 nitrogen and oxygen atoms in total. The first-order chi connectivity index (χ1) is 21.5. The molecule has 0 saturated carbocycles. The van der Waals surface area contributed by atoms with Crippen molar-refractivity contribution in [3.63, 3.8) is 0 Å². The molecule has 4 rings (SSSR count). The third kappa shape index (κ3) is 8.78. The minimum Gasteiger partial charge on any atom is -0.478 e. The Labute approximate surface area is 266 Å². The summed E-state index contributed by atoms with van der Waals surface area (Å²) in [7, 11) is 0. The number of carboxylic acid groups (broad SMARTS) is 1. The molecule has 4 aromatic carbocycles. The number of halogens is 1. The Bertz CT molecular complexity index is 1800. The van der Waals surface area contributed by atoms with Crippen molar-refractivity contribution in [3.05, 3.63) is 135 Å². The molecule has 4 N–H and O–H groups in total. The van der Waals surface area contributed by atoms with Crippen LogP contribution in [-0.2, 0) is 9.59 Å². The number of anilines is 2. The van der Waals surface area contributed by atoms with Crippen LogP contribution in [0.15, 0.2) is 108 Å². The standard InChI is InChI=1S/C32H25ClN4O7S/c1-19(29(38)35-26-18-22(32(41)42)11-16-25(26)33)45-24-14-12-23(13-15-24)34-31(40)27(36-30(39)20-7-3-2-4-8-20)17-21-9-5-6-10-28(21)37(43)44/h2-19H,1H3,(H,34,40)(H,35,38)(H,36,39)(H,41,42)/b27-17-. The summed E-state index contributed by atoms with van der Waals surface area (Å²) in [4.78, 5) is 61.8. The van der Waals surface area contributed by atoms with Crippen LogP contribution in [0.5, 0.6) is 0 Å². The summed E-state index contributed by atoms with van der Waals surface area (Å²) in [6.45, 7) is 1.67. The van der Waals surface area contributed by atoms with Gasteiger partial charge in [0.1, 0.15) is 5.70 Å². The molecule has 45 heavy (non-hydrogen) atoms. The summed E-state index contributed by atoms with van der Waals surface area (Å²) >= 11 is 7.33. The van der Waals surface area contributed by atoms with E-state index in [0.717, 1.165) is 0 Å². The summed E-state index contributed by atoms with van der Waals surface area (Å²) < 4.78 is 0. The van der Waals surface area contributed by atoms with Crippen LogP contribution in [0.25, 0.3) is 6.08 Å². The van der Waals surface area contributed by atoms with Gasteiger partial charge in [-0.05, 0) is 73.7 Å². The maximum atomic E-state index is 13.3. The molecule has 0 heterocycles. The van der Waals surface area contributed by atoms with Crippen LogP contribution in [0.1, 0.15) is 33.2 Å². The van der Waals surface area contributed by atoms with Gasteiger partial charge in [0.05, 0.1) is 32.0 Å². The number of amides is 3. The topological polar surface area (TPSA) is 168 Å². The van der Waals surface area contributed by atoms with Crippen molar-refractivity contribution in [2.75, 3.05) is 10.6 Å². The summed E-state index contributed by atoms with van der Waals surface area (Å²) in [5.74, 6) is -2.85. The van der Waals surface area contributed by atoms with E-state index in [1.165, 1.54) is 54.2 Å². The molecule has 4 aromatic rings. The van der Waals surface area contributed by atoms with Crippen LogP contribution < -0.4 is 16.0 Å². The van der Waals surface area contributed by atoms with E-state index in [1.807, 2.05) is 0 Å². The van der Waals surface area contributed by atoms with Crippen molar-refractivity contribution < 1.29 is 29.2 Å². The molecule has 0 fully saturated rings. The van der Waals surface area contributed by atoms with Gasteiger partial charge in [-0.1, -0.05) is 41.9 Å². The maximum Gasteiger partial charge on any atom is 0.335 e. The Morgan fingerprint density at radius 3 is 2.22 bits per heavy atom. The summed E-state index contributed by atoms with van der Waals surface area (Å²) in [5.41, 5.74) is 0.469. The lowest BCUT2D eigenvalue weighted by Gasteiger charge is -2.14. The predicted molar refractivity (Wildman–Crippen MR) is 172 cm³/mol. The van der Waals surface area contributed by atoms with Crippen LogP contribution in [0.4, 0.5) is 17.1 Å². The van der Waals surface area contributed by atoms with Gasteiger partial charge in [-0.25, -0.2) is 4.79 Å². The zero-order valence-electron chi connectivity index (χ0n) is 23.5. The highest BCUT2D eigenvalue weighted by molar-refractivity contribution is 8.00. The lowest BCUT2D eigenvalue weighted by Crippen LogP contribution is -2.30. The van der Waals surface area contributed by atoms with Gasteiger partial charge in [0, 0.05) is 22.2 Å². The van der Waals surface area contributed by atoms with E-state index < -0.39 is 33.9 Å². The first-order valence-electron chi connectivity index (χ1n) is 13.2. The van der Waals surface area contributed by atoms with Crippen molar-refractivity contribution in [1.82, 2.24) is 5.32 Å². The largest absolute Gasteiger partial charge is 0.478 e. The molecule has 0 saturated heterocycles. The summed E-state index contributed by atoms with van der Waals surface area (Å²) in [5, 5.41) is 28.2. The van der Waals surface area contributed by atoms with Crippen molar-refractivity contribution in [2.24, 2.45) is 0 Å². The van der Waals surface area contributed by atoms with E-state index in [-0.39, 0.29) is 38.8 Å². The number of aromatic carboxylic acids is 1. The second-order valence-corrected chi connectivity index (χ2v) is 11.2. The highest BCUT2D eigenvalue weighted by Crippen LogP contribution is 2.28. The number of hydrogen-bond acceptors (Lipinski definition) is 7. The van der Waals surface area contributed by atoms with Crippen LogP contribution in [0, 0.1) is 10.1 Å². The van der Waals surface area contributed by atoms with E-state index in [0.29, 0.717) is 10.6 Å². The fraction of sp³-hybridized carbons (Fsp3) is 0.0625. The van der Waals surface area contributed by atoms with Gasteiger partial charge >= 0.3 is 5.97 Å². The first kappa shape index (κ1) is 32.5. The Hall–Kier alpha value is -5.46. The van der Waals surface area contributed by atoms with Crippen LogP contribution in [0.3, 0.4) is 0 Å². The predicted octanol–water partition coefficient (Wildman–Crippen LogP) is 6.48. The molecule has 0 radical (unpaired) electrons. The van der Waals surface area contributed by atoms with Crippen LogP contribution in [0.2, 0.25) is 5.02 Å². The summed E-state index contributed by atoms with van der Waals surface area (Å²) in [6.07, 6.45) is 1.23. The zero-order valence-corrected chi connectivity index (χ0v) is 25.1. The number of nitrogens with one attached hydrogen (secondary N) is 3. The molecule has 228 valence electrons. The van der Waals surface area contributed by atoms with E-state index in [2.05, 4.69) is 16.0 Å². The fourth-order valence-corrected chi connectivity index (χ4v) is 4.97. The molecule has 0 aliphatic rings. The van der Waals surface area contributed by atoms with Crippen LogP contribution in [-0.4, -0.2) is 39.0 Å². The number of nitro groups is 1. The lowest BCUT2D eigenvalue weighted by atomic mass is 10.1. The molecule has 0 bridgehead atoms. The third-order valence-corrected chi connectivity index (χ3v) is 7.67. The number of thioether (sulfide) groups is 1. The number of hydrogen-bond donors (Lipinski definition) is 4. The highest BCUT2D eigenvalue weighted by atomic mass is 35.5. The van der Waals surface area contributed by atoms with Gasteiger partial charge in [-0.15, -0.1) is 11.8 Å². The Morgan fingerprint density at radius 2 is 1.56 bits per heavy atom. The van der Waals surface area contributed by atoms with Gasteiger partial charge in [-0.2, -0.15) is 0 Å². The van der Waals surface area contributed by atoms with E-state index >= 15 is 0 Å². The number of carbonyl (C=O) groups excluding carboxylic acids is 3. The maximum absolute atomic E-state index is 13.3. The van der Waals surface area contributed by atoms with Gasteiger partial charge in [0.25, 0.3) is 17.5 Å². The fourth-order valence-electron chi connectivity index (χ4n) is 3.94. The third-order valence-electron chi connectivity index (χ3n) is 6.23. The molecule has 0 aliphatic heterocycles. The van der Waals surface area contributed by atoms with Gasteiger partial charge in [0.2, 0.25) is 5.91 Å². The van der Waals surface area contributed by atoms with E-state index in [4.69, 9.17) is 11.6 Å². The molecule has 0 spiro atoms. The van der Waals surface area contributed by atoms with E-state index in [9.17, 15) is 34.4 Å². The van der Waals surface area contributed by atoms with Gasteiger partial charge in [-0.3, -0.25) is 24.5 Å². The molecule has 13 heteroatoms. The van der Waals surface area contributed by atoms with Crippen molar-refractivity contribution in [3.8, 4) is 0 Å². The quantitative estimate of drug-likeness (QED) is 0.0623. The Kier molecular flexibility index (Phi) is 10.7. The Balaban J connectivity index is 1.47. The average Bonchev–Trinajstić information content (AvgIpc) is 3.03. The number of nitro benzene ring substituents is 1. The second-order valence-electron chi connectivity index (χ2n) is 9.42. The zero-order chi connectivity index (χ0) is 32.5. The molecule has 1 unspecified atom stereocenters. The highest BCUT2D eigenvalue weighted by Gasteiger charge is 2.20. The van der Waals surface area contributed by atoms with Crippen molar-refractivity contribution in [2.45, 2.75) is 17.1 Å².